The van der Waals surface area contributed by atoms with Crippen LogP contribution in [0.4, 0.5) is 4.79 Å². The molecule has 2 unspecified atom stereocenters. The Balaban J connectivity index is 2.22. The van der Waals surface area contributed by atoms with Crippen molar-refractivity contribution in [2.24, 2.45) is 4.99 Å². The lowest BCUT2D eigenvalue weighted by molar-refractivity contribution is -0.131. The Labute approximate surface area is 139 Å². The fraction of sp³-hybridized carbons (Fsp3) is 0.438. The van der Waals surface area contributed by atoms with E-state index < -0.39 is 24.2 Å². The molecule has 2 rings (SSSR count). The number of nitrogens with zero attached hydrogens (tertiary/aromatic N) is 1. The van der Waals surface area contributed by atoms with Gasteiger partial charge in [0.15, 0.2) is 0 Å². The summed E-state index contributed by atoms with van der Waals surface area (Å²) in [5, 5.41) is 3.28. The molecule has 1 N–H and O–H groups in total. The van der Waals surface area contributed by atoms with Crippen LogP contribution in [-0.4, -0.2) is 36.7 Å². The molecule has 0 fully saturated rings. The van der Waals surface area contributed by atoms with Crippen LogP contribution < -0.4 is 5.32 Å². The zero-order valence-corrected chi connectivity index (χ0v) is 13.8. The Hall–Kier alpha value is -2.08. The van der Waals surface area contributed by atoms with Crippen molar-refractivity contribution >= 4 is 29.5 Å². The maximum atomic E-state index is 12.3. The number of carbonyl (C=O) groups is 2. The molecule has 124 valence electrons. The fourth-order valence-corrected chi connectivity index (χ4v) is 2.41. The number of rotatable bonds is 5. The zero-order valence-electron chi connectivity index (χ0n) is 13.0. The predicted molar refractivity (Wildman–Crippen MR) is 86.7 cm³/mol. The topological polar surface area (TPSA) is 77.0 Å². The minimum absolute atomic E-state index is 0.185. The van der Waals surface area contributed by atoms with Crippen LogP contribution in [0.25, 0.3) is 0 Å². The Bertz CT molecular complexity index is 601. The second kappa shape index (κ2) is 7.97. The first-order chi connectivity index (χ1) is 11.0. The number of ether oxygens (including phenoxy) is 2. The van der Waals surface area contributed by atoms with Crippen molar-refractivity contribution in [1.29, 1.82) is 0 Å². The summed E-state index contributed by atoms with van der Waals surface area (Å²) >= 11 is 5.87. The highest BCUT2D eigenvalue weighted by Crippen LogP contribution is 2.19. The van der Waals surface area contributed by atoms with Crippen molar-refractivity contribution in [2.45, 2.75) is 38.8 Å². The molecular weight excluding hydrogens is 320 g/mol. The second-order valence-electron chi connectivity index (χ2n) is 5.05. The molecule has 1 aromatic carbocycles. The average molecular weight is 339 g/mol. The van der Waals surface area contributed by atoms with Crippen LogP contribution in [0.1, 0.15) is 32.3 Å². The molecule has 1 heterocycles. The number of nitrogens with one attached hydrogen (secondary N) is 1. The average Bonchev–Trinajstić information content (AvgIpc) is 2.51. The van der Waals surface area contributed by atoms with Crippen LogP contribution in [0.2, 0.25) is 5.02 Å². The Morgan fingerprint density at radius 3 is 2.61 bits per heavy atom. The largest absolute Gasteiger partial charge is 0.509 e. The summed E-state index contributed by atoms with van der Waals surface area (Å²) in [6.45, 7) is 3.83. The van der Waals surface area contributed by atoms with Gasteiger partial charge in [-0.15, -0.1) is 0 Å². The number of halogens is 1. The van der Waals surface area contributed by atoms with Crippen LogP contribution in [0.15, 0.2) is 29.3 Å². The first-order valence-electron chi connectivity index (χ1n) is 7.53. The number of carbonyl (C=O) groups excluding carboxylic acids is 2. The van der Waals surface area contributed by atoms with Crippen LogP contribution in [-0.2, 0) is 14.3 Å². The summed E-state index contributed by atoms with van der Waals surface area (Å²) in [4.78, 5) is 28.4. The molecule has 6 nitrogen and oxygen atoms in total. The van der Waals surface area contributed by atoms with E-state index in [2.05, 4.69) is 10.3 Å². The van der Waals surface area contributed by atoms with Gasteiger partial charge in [-0.2, -0.15) is 0 Å². The van der Waals surface area contributed by atoms with E-state index in [0.717, 1.165) is 12.0 Å². The van der Waals surface area contributed by atoms with Gasteiger partial charge in [0.25, 0.3) is 5.91 Å². The quantitative estimate of drug-likeness (QED) is 0.837. The van der Waals surface area contributed by atoms with Crippen molar-refractivity contribution < 1.29 is 19.1 Å². The van der Waals surface area contributed by atoms with Crippen molar-refractivity contribution in [3.05, 3.63) is 34.9 Å². The lowest BCUT2D eigenvalue weighted by Crippen LogP contribution is -2.51. The standard InChI is InChI=1S/C16H19ClN2O4/c1-3-5-12-13(23-16(21)22-4-2)15(20)19-14(18-12)10-6-8-11(17)9-7-10/h6-9,12-13H,3-5H2,1-2H3,(H,18,19,20). The van der Waals surface area contributed by atoms with Gasteiger partial charge in [0, 0.05) is 10.6 Å². The lowest BCUT2D eigenvalue weighted by Gasteiger charge is -2.28. The molecule has 7 heteroatoms. The summed E-state index contributed by atoms with van der Waals surface area (Å²) in [5.74, 6) is 0.0466. The molecule has 0 aliphatic carbocycles. The van der Waals surface area contributed by atoms with E-state index in [4.69, 9.17) is 21.1 Å². The van der Waals surface area contributed by atoms with E-state index in [0.29, 0.717) is 17.3 Å². The molecule has 1 aliphatic rings. The molecule has 0 saturated carbocycles. The number of hydrogen-bond acceptors (Lipinski definition) is 5. The van der Waals surface area contributed by atoms with Crippen molar-refractivity contribution in [1.82, 2.24) is 5.32 Å². The first-order valence-corrected chi connectivity index (χ1v) is 7.91. The molecule has 23 heavy (non-hydrogen) atoms. The van der Waals surface area contributed by atoms with Gasteiger partial charge in [0.1, 0.15) is 5.84 Å². The van der Waals surface area contributed by atoms with Gasteiger partial charge in [0.05, 0.1) is 12.6 Å². The smallest absolute Gasteiger partial charge is 0.435 e. The highest BCUT2D eigenvalue weighted by molar-refractivity contribution is 6.30. The third-order valence-corrected chi connectivity index (χ3v) is 3.58. The third kappa shape index (κ3) is 4.45. The van der Waals surface area contributed by atoms with Crippen LogP contribution in [0, 0.1) is 0 Å². The van der Waals surface area contributed by atoms with Gasteiger partial charge in [-0.3, -0.25) is 9.79 Å². The Morgan fingerprint density at radius 2 is 2.00 bits per heavy atom. The SMILES string of the molecule is CCCC1N=C(c2ccc(Cl)cc2)NC(=O)C1OC(=O)OCC. The zero-order chi connectivity index (χ0) is 16.8. The summed E-state index contributed by atoms with van der Waals surface area (Å²) in [6.07, 6.45) is -0.420. The highest BCUT2D eigenvalue weighted by atomic mass is 35.5. The highest BCUT2D eigenvalue weighted by Gasteiger charge is 2.36. The van der Waals surface area contributed by atoms with E-state index in [1.807, 2.05) is 6.92 Å². The molecule has 0 saturated heterocycles. The predicted octanol–water partition coefficient (Wildman–Crippen LogP) is 2.93. The summed E-state index contributed by atoms with van der Waals surface area (Å²) in [7, 11) is 0. The first kappa shape index (κ1) is 17.3. The van der Waals surface area contributed by atoms with Gasteiger partial charge in [0.2, 0.25) is 6.10 Å². The number of aliphatic imine (C=N–C) groups is 1. The number of hydrogen-bond donors (Lipinski definition) is 1. The molecule has 1 amide bonds. The van der Waals surface area contributed by atoms with E-state index in [9.17, 15) is 9.59 Å². The number of amidine groups is 1. The van der Waals surface area contributed by atoms with Crippen LogP contribution in [0.5, 0.6) is 0 Å². The third-order valence-electron chi connectivity index (χ3n) is 3.33. The summed E-state index contributed by atoms with van der Waals surface area (Å²) in [5.41, 5.74) is 0.749. The number of amides is 1. The van der Waals surface area contributed by atoms with Crippen molar-refractivity contribution in [2.75, 3.05) is 6.61 Å². The molecule has 0 bridgehead atoms. The number of benzene rings is 1. The Kier molecular flexibility index (Phi) is 5.98. The normalized spacial score (nSPS) is 20.5. The van der Waals surface area contributed by atoms with Gasteiger partial charge in [-0.05, 0) is 37.6 Å². The van der Waals surface area contributed by atoms with Crippen molar-refractivity contribution in [3.63, 3.8) is 0 Å². The minimum Gasteiger partial charge on any atom is -0.435 e. The second-order valence-corrected chi connectivity index (χ2v) is 5.49. The maximum Gasteiger partial charge on any atom is 0.509 e. The van der Waals surface area contributed by atoms with Crippen LogP contribution in [0.3, 0.4) is 0 Å². The van der Waals surface area contributed by atoms with Gasteiger partial charge in [-0.25, -0.2) is 4.79 Å². The molecule has 2 atom stereocenters. The summed E-state index contributed by atoms with van der Waals surface area (Å²) < 4.78 is 9.85. The minimum atomic E-state index is -0.981. The fourth-order valence-electron chi connectivity index (χ4n) is 2.28. The molecule has 0 spiro atoms. The molecule has 1 aromatic rings. The molecule has 0 aromatic heterocycles. The molecular formula is C16H19ClN2O4. The summed E-state index contributed by atoms with van der Waals surface area (Å²) in [6, 6.07) is 6.56. The lowest BCUT2D eigenvalue weighted by atomic mass is 10.0. The van der Waals surface area contributed by atoms with Crippen molar-refractivity contribution in [3.8, 4) is 0 Å². The van der Waals surface area contributed by atoms with E-state index in [1.165, 1.54) is 0 Å². The molecule has 0 radical (unpaired) electrons. The Morgan fingerprint density at radius 1 is 1.30 bits per heavy atom. The van der Waals surface area contributed by atoms with Gasteiger partial charge >= 0.3 is 6.16 Å². The maximum absolute atomic E-state index is 12.3. The van der Waals surface area contributed by atoms with Crippen LogP contribution >= 0.6 is 11.6 Å². The van der Waals surface area contributed by atoms with Gasteiger partial charge < -0.3 is 14.8 Å². The monoisotopic (exact) mass is 338 g/mol. The van der Waals surface area contributed by atoms with E-state index >= 15 is 0 Å². The van der Waals surface area contributed by atoms with E-state index in [-0.39, 0.29) is 6.61 Å². The van der Waals surface area contributed by atoms with Gasteiger partial charge in [-0.1, -0.05) is 24.9 Å². The molecule has 1 aliphatic heterocycles. The van der Waals surface area contributed by atoms with E-state index in [1.54, 1.807) is 31.2 Å².